The van der Waals surface area contributed by atoms with E-state index >= 15 is 0 Å². The molecule has 0 saturated heterocycles. The van der Waals surface area contributed by atoms with Crippen LogP contribution in [-0.2, 0) is 9.84 Å². The molecule has 0 unspecified atom stereocenters. The highest BCUT2D eigenvalue weighted by molar-refractivity contribution is 7.91. The zero-order valence-electron chi connectivity index (χ0n) is 12.5. The van der Waals surface area contributed by atoms with Gasteiger partial charge in [-0.1, -0.05) is 13.8 Å². The van der Waals surface area contributed by atoms with Crippen LogP contribution in [0.3, 0.4) is 0 Å². The van der Waals surface area contributed by atoms with E-state index in [4.69, 9.17) is 11.5 Å². The minimum atomic E-state index is -3.54. The van der Waals surface area contributed by atoms with Crippen molar-refractivity contribution in [2.75, 3.05) is 43.5 Å². The summed E-state index contributed by atoms with van der Waals surface area (Å²) in [5.41, 5.74) is 10.9. The summed E-state index contributed by atoms with van der Waals surface area (Å²) in [6.07, 6.45) is 1.06. The molecule has 1 aromatic heterocycles. The van der Waals surface area contributed by atoms with Crippen molar-refractivity contribution in [3.8, 4) is 0 Å². The van der Waals surface area contributed by atoms with E-state index in [9.17, 15) is 13.2 Å². The molecule has 0 aromatic carbocycles. The summed E-state index contributed by atoms with van der Waals surface area (Å²) in [7, 11) is -3.54. The summed E-state index contributed by atoms with van der Waals surface area (Å²) in [4.78, 5) is 13.5. The van der Waals surface area contributed by atoms with Crippen molar-refractivity contribution in [2.24, 2.45) is 5.73 Å². The summed E-state index contributed by atoms with van der Waals surface area (Å²) in [5.74, 6) is -0.723. The van der Waals surface area contributed by atoms with Gasteiger partial charge in [-0.2, -0.15) is 0 Å². The number of hydrogen-bond acceptors (Lipinski definition) is 7. The Labute approximate surface area is 129 Å². The second-order valence-corrected chi connectivity index (χ2v) is 7.57. The molecular weight excluding hydrogens is 312 g/mol. The Hall–Kier alpha value is -1.32. The maximum absolute atomic E-state index is 11.8. The number of nitrogen functional groups attached to an aromatic ring is 1. The Morgan fingerprint density at radius 2 is 1.90 bits per heavy atom. The van der Waals surface area contributed by atoms with Crippen LogP contribution in [-0.4, -0.2) is 51.7 Å². The maximum Gasteiger partial charge on any atom is 0.261 e. The highest BCUT2D eigenvalue weighted by Crippen LogP contribution is 2.38. The van der Waals surface area contributed by atoms with Gasteiger partial charge in [0.05, 0.1) is 5.69 Å². The Morgan fingerprint density at radius 3 is 2.33 bits per heavy atom. The lowest BCUT2D eigenvalue weighted by Crippen LogP contribution is -2.28. The molecule has 1 amide bonds. The SMILES string of the molecule is CCN(CC)CCNc1sc(C(N)=O)c(N)c1S(C)(=O)=O. The van der Waals surface area contributed by atoms with E-state index in [1.165, 1.54) is 0 Å². The van der Waals surface area contributed by atoms with Crippen molar-refractivity contribution in [3.05, 3.63) is 4.88 Å². The molecule has 1 aromatic rings. The second-order valence-electron chi connectivity index (χ2n) is 4.59. The van der Waals surface area contributed by atoms with Gasteiger partial charge in [0.2, 0.25) is 0 Å². The minimum Gasteiger partial charge on any atom is -0.396 e. The van der Waals surface area contributed by atoms with Gasteiger partial charge in [0, 0.05) is 19.3 Å². The molecule has 1 heterocycles. The van der Waals surface area contributed by atoms with E-state index < -0.39 is 15.7 Å². The molecule has 0 fully saturated rings. The fourth-order valence-electron chi connectivity index (χ4n) is 1.96. The molecule has 0 atom stereocenters. The van der Waals surface area contributed by atoms with Crippen LogP contribution in [0.25, 0.3) is 0 Å². The normalized spacial score (nSPS) is 11.8. The minimum absolute atomic E-state index is 0.0409. The number of rotatable bonds is 8. The zero-order chi connectivity index (χ0) is 16.2. The molecule has 0 spiro atoms. The van der Waals surface area contributed by atoms with Gasteiger partial charge < -0.3 is 21.7 Å². The number of nitrogens with two attached hydrogens (primary N) is 2. The smallest absolute Gasteiger partial charge is 0.261 e. The van der Waals surface area contributed by atoms with Crippen LogP contribution in [0, 0.1) is 0 Å². The predicted octanol–water partition coefficient (Wildman–Crippen LogP) is 0.586. The maximum atomic E-state index is 11.8. The average Bonchev–Trinajstić information content (AvgIpc) is 2.71. The van der Waals surface area contributed by atoms with Crippen LogP contribution in [0.1, 0.15) is 23.5 Å². The topological polar surface area (TPSA) is 119 Å². The largest absolute Gasteiger partial charge is 0.396 e. The lowest BCUT2D eigenvalue weighted by atomic mass is 10.4. The third-order valence-electron chi connectivity index (χ3n) is 3.10. The Bertz CT molecular complexity index is 606. The van der Waals surface area contributed by atoms with Crippen LogP contribution >= 0.6 is 11.3 Å². The van der Waals surface area contributed by atoms with Gasteiger partial charge in [0.15, 0.2) is 9.84 Å². The van der Waals surface area contributed by atoms with Gasteiger partial charge in [-0.05, 0) is 13.1 Å². The van der Waals surface area contributed by atoms with Crippen molar-refractivity contribution in [2.45, 2.75) is 18.7 Å². The number of carbonyl (C=O) groups excluding carboxylic acids is 1. The number of nitrogens with zero attached hydrogens (tertiary/aromatic N) is 1. The third-order valence-corrected chi connectivity index (χ3v) is 5.57. The second kappa shape index (κ2) is 7.10. The quantitative estimate of drug-likeness (QED) is 0.640. The van der Waals surface area contributed by atoms with E-state index in [-0.39, 0.29) is 15.5 Å². The van der Waals surface area contributed by atoms with E-state index in [0.29, 0.717) is 11.5 Å². The van der Waals surface area contributed by atoms with Crippen molar-refractivity contribution in [3.63, 3.8) is 0 Å². The fourth-order valence-corrected chi connectivity index (χ4v) is 4.41. The zero-order valence-corrected chi connectivity index (χ0v) is 14.1. The number of primary amides is 1. The molecule has 0 aliphatic carbocycles. The third kappa shape index (κ3) is 4.32. The molecule has 0 radical (unpaired) electrons. The van der Waals surface area contributed by atoms with Gasteiger partial charge in [-0.25, -0.2) is 8.42 Å². The van der Waals surface area contributed by atoms with E-state index in [1.807, 2.05) is 0 Å². The molecule has 0 aliphatic heterocycles. The van der Waals surface area contributed by atoms with Gasteiger partial charge in [0.25, 0.3) is 5.91 Å². The van der Waals surface area contributed by atoms with Crippen LogP contribution in [0.5, 0.6) is 0 Å². The lowest BCUT2D eigenvalue weighted by Gasteiger charge is -2.18. The Balaban J connectivity index is 3.01. The highest BCUT2D eigenvalue weighted by Gasteiger charge is 2.25. The van der Waals surface area contributed by atoms with Crippen LogP contribution < -0.4 is 16.8 Å². The number of thiophene rings is 1. The van der Waals surface area contributed by atoms with E-state index in [0.717, 1.165) is 37.2 Å². The van der Waals surface area contributed by atoms with Gasteiger partial charge in [-0.15, -0.1) is 11.3 Å². The van der Waals surface area contributed by atoms with Crippen molar-refractivity contribution < 1.29 is 13.2 Å². The number of anilines is 2. The first-order valence-electron chi connectivity index (χ1n) is 6.60. The van der Waals surface area contributed by atoms with Crippen LogP contribution in [0.4, 0.5) is 10.7 Å². The number of sulfone groups is 1. The van der Waals surface area contributed by atoms with Crippen LogP contribution in [0.2, 0.25) is 0 Å². The molecule has 9 heteroatoms. The highest BCUT2D eigenvalue weighted by atomic mass is 32.2. The summed E-state index contributed by atoms with van der Waals surface area (Å²) >= 11 is 0.980. The molecular formula is C12H22N4O3S2. The van der Waals surface area contributed by atoms with Gasteiger partial charge in [-0.3, -0.25) is 4.79 Å². The van der Waals surface area contributed by atoms with E-state index in [2.05, 4.69) is 24.1 Å². The Morgan fingerprint density at radius 1 is 1.33 bits per heavy atom. The van der Waals surface area contributed by atoms with E-state index in [1.54, 1.807) is 0 Å². The summed E-state index contributed by atoms with van der Waals surface area (Å²) in [5, 5.41) is 3.42. The Kier molecular flexibility index (Phi) is 5.99. The first-order valence-corrected chi connectivity index (χ1v) is 9.31. The van der Waals surface area contributed by atoms with Crippen LogP contribution in [0.15, 0.2) is 4.90 Å². The molecule has 0 aliphatic rings. The molecule has 21 heavy (non-hydrogen) atoms. The summed E-state index contributed by atoms with van der Waals surface area (Å²) in [6.45, 7) is 7.26. The number of nitrogens with one attached hydrogen (secondary N) is 1. The fraction of sp³-hybridized carbons (Fsp3) is 0.583. The molecule has 120 valence electrons. The van der Waals surface area contributed by atoms with Gasteiger partial charge >= 0.3 is 0 Å². The molecule has 0 saturated carbocycles. The number of hydrogen-bond donors (Lipinski definition) is 3. The summed E-state index contributed by atoms with van der Waals surface area (Å²) < 4.78 is 23.7. The number of amides is 1. The lowest BCUT2D eigenvalue weighted by molar-refractivity contribution is 0.100. The first kappa shape index (κ1) is 17.7. The van der Waals surface area contributed by atoms with Crippen molar-refractivity contribution in [1.82, 2.24) is 4.90 Å². The first-order chi connectivity index (χ1) is 9.72. The standard InChI is InChI=1S/C12H22N4O3S2/c1-4-16(5-2)7-6-15-12-10(21(3,18)19)8(13)9(20-12)11(14)17/h15H,4-7,13H2,1-3H3,(H2,14,17). The number of carbonyl (C=O) groups is 1. The monoisotopic (exact) mass is 334 g/mol. The molecule has 1 rings (SSSR count). The molecule has 7 nitrogen and oxygen atoms in total. The predicted molar refractivity (Wildman–Crippen MR) is 86.6 cm³/mol. The van der Waals surface area contributed by atoms with Crippen molar-refractivity contribution >= 4 is 37.8 Å². The number of likely N-dealkylation sites (N-methyl/N-ethyl adjacent to an activating group) is 1. The van der Waals surface area contributed by atoms with Crippen molar-refractivity contribution in [1.29, 1.82) is 0 Å². The molecule has 5 N–H and O–H groups in total. The van der Waals surface area contributed by atoms with Gasteiger partial charge in [0.1, 0.15) is 14.8 Å². The average molecular weight is 334 g/mol. The molecule has 0 bridgehead atoms. The summed E-state index contributed by atoms with van der Waals surface area (Å²) in [6, 6.07) is 0.